The highest BCUT2D eigenvalue weighted by molar-refractivity contribution is 6.12. The summed E-state index contributed by atoms with van der Waals surface area (Å²) in [6, 6.07) is 14.3. The lowest BCUT2D eigenvalue weighted by atomic mass is 9.82. The van der Waals surface area contributed by atoms with E-state index in [4.69, 9.17) is 0 Å². The zero-order valence-electron chi connectivity index (χ0n) is 21.5. The number of para-hydroxylation sites is 1. The molecule has 2 aromatic carbocycles. The Kier molecular flexibility index (Phi) is 7.34. The van der Waals surface area contributed by atoms with Crippen LogP contribution in [0.2, 0.25) is 0 Å². The van der Waals surface area contributed by atoms with Crippen molar-refractivity contribution in [1.29, 1.82) is 0 Å². The molecule has 0 unspecified atom stereocenters. The number of likely N-dealkylation sites (tertiary alicyclic amines) is 1. The lowest BCUT2D eigenvalue weighted by Crippen LogP contribution is -2.48. The second-order valence-electron chi connectivity index (χ2n) is 10.2. The first-order valence-electron chi connectivity index (χ1n) is 13.2. The Morgan fingerprint density at radius 2 is 1.95 bits per heavy atom. The van der Waals surface area contributed by atoms with Gasteiger partial charge in [0.25, 0.3) is 5.91 Å². The van der Waals surface area contributed by atoms with E-state index < -0.39 is 17.4 Å². The number of carbonyl (C=O) groups is 3. The number of piperazine rings is 1. The Morgan fingerprint density at radius 1 is 1.16 bits per heavy atom. The number of hydrogen-bond acceptors (Lipinski definition) is 6. The van der Waals surface area contributed by atoms with Crippen LogP contribution < -0.4 is 15.1 Å². The SMILES string of the molecule is C[C@@H](/C=C/CC(=O)N1CCC[C@H]1CO)[C@]1(O)C(=O)N(c2ccccc2)c2ccc(N3CCNCC3=O)cc21. The van der Waals surface area contributed by atoms with Crippen LogP contribution in [0.25, 0.3) is 0 Å². The second kappa shape index (κ2) is 10.7. The van der Waals surface area contributed by atoms with E-state index in [9.17, 15) is 24.6 Å². The smallest absolute Gasteiger partial charge is 0.268 e. The molecule has 0 spiro atoms. The number of nitrogens with one attached hydrogen (secondary N) is 1. The molecular formula is C29H34N4O5. The first-order valence-corrected chi connectivity index (χ1v) is 13.2. The van der Waals surface area contributed by atoms with E-state index >= 15 is 0 Å². The number of nitrogens with zero attached hydrogens (tertiary/aromatic N) is 3. The quantitative estimate of drug-likeness (QED) is 0.484. The lowest BCUT2D eigenvalue weighted by molar-refractivity contribution is -0.138. The van der Waals surface area contributed by atoms with Gasteiger partial charge in [-0.25, -0.2) is 0 Å². The minimum atomic E-state index is -1.89. The summed E-state index contributed by atoms with van der Waals surface area (Å²) in [4.78, 5) is 44.1. The van der Waals surface area contributed by atoms with Crippen molar-refractivity contribution in [3.05, 3.63) is 66.2 Å². The van der Waals surface area contributed by atoms with E-state index in [1.54, 1.807) is 41.0 Å². The summed E-state index contributed by atoms with van der Waals surface area (Å²) in [5, 5.41) is 24.7. The first kappa shape index (κ1) is 26.1. The van der Waals surface area contributed by atoms with Gasteiger partial charge in [0.1, 0.15) is 0 Å². The molecule has 2 saturated heterocycles. The van der Waals surface area contributed by atoms with Crippen LogP contribution in [0.1, 0.15) is 31.7 Å². The normalized spacial score (nSPS) is 24.4. The van der Waals surface area contributed by atoms with E-state index in [-0.39, 0.29) is 37.4 Å². The van der Waals surface area contributed by atoms with Crippen LogP contribution in [-0.4, -0.2) is 71.7 Å². The molecule has 0 aromatic heterocycles. The van der Waals surface area contributed by atoms with Crippen molar-refractivity contribution < 1.29 is 24.6 Å². The fourth-order valence-corrected chi connectivity index (χ4v) is 5.72. The molecule has 200 valence electrons. The number of hydrogen-bond donors (Lipinski definition) is 3. The zero-order chi connectivity index (χ0) is 26.9. The third kappa shape index (κ3) is 4.51. The van der Waals surface area contributed by atoms with Crippen molar-refractivity contribution in [2.75, 3.05) is 42.6 Å². The van der Waals surface area contributed by atoms with Crippen LogP contribution in [0.4, 0.5) is 17.1 Å². The second-order valence-corrected chi connectivity index (χ2v) is 10.2. The molecular weight excluding hydrogens is 484 g/mol. The number of aliphatic hydroxyl groups excluding tert-OH is 1. The molecule has 5 rings (SSSR count). The Balaban J connectivity index is 1.46. The first-order chi connectivity index (χ1) is 18.4. The van der Waals surface area contributed by atoms with E-state index in [1.165, 1.54) is 4.90 Å². The molecule has 3 aliphatic rings. The third-order valence-electron chi connectivity index (χ3n) is 7.86. The molecule has 0 aliphatic carbocycles. The zero-order valence-corrected chi connectivity index (χ0v) is 21.5. The Labute approximate surface area is 222 Å². The van der Waals surface area contributed by atoms with Crippen LogP contribution in [-0.2, 0) is 20.0 Å². The van der Waals surface area contributed by atoms with Crippen molar-refractivity contribution in [3.8, 4) is 0 Å². The maximum atomic E-state index is 13.9. The van der Waals surface area contributed by atoms with Gasteiger partial charge < -0.3 is 25.3 Å². The Morgan fingerprint density at radius 3 is 2.68 bits per heavy atom. The molecule has 3 atom stereocenters. The topological polar surface area (TPSA) is 113 Å². The van der Waals surface area contributed by atoms with Gasteiger partial charge in [0.15, 0.2) is 5.60 Å². The highest BCUT2D eigenvalue weighted by atomic mass is 16.3. The standard InChI is InChI=1S/C29H34N4O5/c1-20(7-5-11-26(35)31-15-6-10-23(31)19-34)29(38)24-17-22(32-16-14-30-18-27(32)36)12-13-25(24)33(28(29)37)21-8-3-2-4-9-21/h2-5,7-9,12-13,17,20,23,30,34,38H,6,10-11,14-16,18-19H2,1H3/b7-5+/t20-,23-,29+/m0/s1. The molecule has 38 heavy (non-hydrogen) atoms. The van der Waals surface area contributed by atoms with Crippen molar-refractivity contribution in [2.24, 2.45) is 5.92 Å². The summed E-state index contributed by atoms with van der Waals surface area (Å²) in [5.41, 5.74) is 0.370. The molecule has 2 aromatic rings. The van der Waals surface area contributed by atoms with Gasteiger partial charge in [-0.15, -0.1) is 0 Å². The van der Waals surface area contributed by atoms with Gasteiger partial charge in [-0.2, -0.15) is 0 Å². The molecule has 3 aliphatic heterocycles. The molecule has 9 nitrogen and oxygen atoms in total. The number of amides is 3. The number of rotatable bonds is 7. The average Bonchev–Trinajstić information content (AvgIpc) is 3.50. The largest absolute Gasteiger partial charge is 0.394 e. The predicted molar refractivity (Wildman–Crippen MR) is 144 cm³/mol. The molecule has 9 heteroatoms. The number of fused-ring (bicyclic) bond motifs is 1. The minimum Gasteiger partial charge on any atom is -0.394 e. The van der Waals surface area contributed by atoms with E-state index in [2.05, 4.69) is 5.32 Å². The maximum Gasteiger partial charge on any atom is 0.268 e. The summed E-state index contributed by atoms with van der Waals surface area (Å²) in [7, 11) is 0. The van der Waals surface area contributed by atoms with Gasteiger partial charge in [-0.1, -0.05) is 37.3 Å². The summed E-state index contributed by atoms with van der Waals surface area (Å²) >= 11 is 0. The van der Waals surface area contributed by atoms with Crippen LogP contribution in [0.5, 0.6) is 0 Å². The van der Waals surface area contributed by atoms with Gasteiger partial charge >= 0.3 is 0 Å². The van der Waals surface area contributed by atoms with Gasteiger partial charge in [-0.3, -0.25) is 19.3 Å². The fourth-order valence-electron chi connectivity index (χ4n) is 5.72. The van der Waals surface area contributed by atoms with Crippen molar-refractivity contribution in [1.82, 2.24) is 10.2 Å². The molecule has 0 radical (unpaired) electrons. The summed E-state index contributed by atoms with van der Waals surface area (Å²) in [6.45, 7) is 3.72. The van der Waals surface area contributed by atoms with Gasteiger partial charge in [0.05, 0.1) is 24.9 Å². The van der Waals surface area contributed by atoms with Gasteiger partial charge in [0.2, 0.25) is 11.8 Å². The third-order valence-corrected chi connectivity index (χ3v) is 7.86. The summed E-state index contributed by atoms with van der Waals surface area (Å²) < 4.78 is 0. The van der Waals surface area contributed by atoms with Crippen LogP contribution in [0.15, 0.2) is 60.7 Å². The number of aliphatic hydroxyl groups is 2. The number of benzene rings is 2. The van der Waals surface area contributed by atoms with E-state index in [0.717, 1.165) is 12.8 Å². The van der Waals surface area contributed by atoms with Gasteiger partial charge in [0, 0.05) is 48.9 Å². The highest BCUT2D eigenvalue weighted by Crippen LogP contribution is 2.49. The van der Waals surface area contributed by atoms with Crippen LogP contribution in [0.3, 0.4) is 0 Å². The van der Waals surface area contributed by atoms with E-state index in [0.29, 0.717) is 42.3 Å². The Hall–Kier alpha value is -3.53. The van der Waals surface area contributed by atoms with Crippen molar-refractivity contribution in [3.63, 3.8) is 0 Å². The van der Waals surface area contributed by atoms with Crippen LogP contribution in [0, 0.1) is 5.92 Å². The maximum absolute atomic E-state index is 13.9. The molecule has 3 amide bonds. The van der Waals surface area contributed by atoms with E-state index in [1.807, 2.05) is 36.4 Å². The molecule has 3 heterocycles. The average molecular weight is 519 g/mol. The molecule has 2 fully saturated rings. The lowest BCUT2D eigenvalue weighted by Gasteiger charge is -2.30. The number of carbonyl (C=O) groups excluding carboxylic acids is 3. The molecule has 3 N–H and O–H groups in total. The minimum absolute atomic E-state index is 0.0515. The predicted octanol–water partition coefficient (Wildman–Crippen LogP) is 2.05. The monoisotopic (exact) mass is 518 g/mol. The number of anilines is 3. The summed E-state index contributed by atoms with van der Waals surface area (Å²) in [5.74, 6) is -1.29. The van der Waals surface area contributed by atoms with Crippen molar-refractivity contribution in [2.45, 2.75) is 37.8 Å². The van der Waals surface area contributed by atoms with Gasteiger partial charge in [-0.05, 0) is 43.2 Å². The van der Waals surface area contributed by atoms with Crippen LogP contribution >= 0.6 is 0 Å². The molecule has 0 bridgehead atoms. The Bertz CT molecular complexity index is 1250. The molecule has 0 saturated carbocycles. The highest BCUT2D eigenvalue weighted by Gasteiger charge is 2.53. The summed E-state index contributed by atoms with van der Waals surface area (Å²) in [6.07, 6.45) is 5.19. The van der Waals surface area contributed by atoms with Crippen molar-refractivity contribution >= 4 is 34.8 Å². The fraction of sp³-hybridized carbons (Fsp3) is 0.414.